The molecule has 4 rings (SSSR count). The molecule has 1 fully saturated rings. The van der Waals surface area contributed by atoms with Crippen molar-refractivity contribution in [2.75, 3.05) is 5.32 Å². The number of carbonyl (C=O) groups excluding carboxylic acids is 2. The van der Waals surface area contributed by atoms with Gasteiger partial charge < -0.3 is 10.6 Å². The van der Waals surface area contributed by atoms with E-state index >= 15 is 0 Å². The Morgan fingerprint density at radius 3 is 2.15 bits per heavy atom. The first-order valence-electron chi connectivity index (χ1n) is 11.3. The summed E-state index contributed by atoms with van der Waals surface area (Å²) in [5, 5.41) is 8.99. The van der Waals surface area contributed by atoms with E-state index in [-0.39, 0.29) is 23.0 Å². The summed E-state index contributed by atoms with van der Waals surface area (Å²) in [6.07, 6.45) is 5.63. The second-order valence-electron chi connectivity index (χ2n) is 8.24. The third kappa shape index (κ3) is 6.26. The van der Waals surface area contributed by atoms with Crippen molar-refractivity contribution in [3.05, 3.63) is 90.0 Å². The topological polar surface area (TPSA) is 70.2 Å². The van der Waals surface area contributed by atoms with Crippen LogP contribution in [0.1, 0.15) is 52.8 Å². The summed E-state index contributed by atoms with van der Waals surface area (Å²) in [6.45, 7) is 0. The van der Waals surface area contributed by atoms with Gasteiger partial charge in [0.1, 0.15) is 0 Å². The van der Waals surface area contributed by atoms with E-state index in [4.69, 9.17) is 12.2 Å². The van der Waals surface area contributed by atoms with Crippen LogP contribution < -0.4 is 16.0 Å². The molecule has 0 radical (unpaired) electrons. The van der Waals surface area contributed by atoms with Crippen molar-refractivity contribution < 1.29 is 9.59 Å². The van der Waals surface area contributed by atoms with Crippen LogP contribution in [-0.2, 0) is 0 Å². The molecule has 3 aromatic carbocycles. The fourth-order valence-electron chi connectivity index (χ4n) is 4.04. The zero-order valence-electron chi connectivity index (χ0n) is 18.3. The van der Waals surface area contributed by atoms with Crippen LogP contribution in [0.4, 0.5) is 5.69 Å². The Hall–Kier alpha value is -3.51. The molecule has 168 valence electrons. The van der Waals surface area contributed by atoms with E-state index in [1.807, 2.05) is 48.5 Å². The molecule has 1 saturated carbocycles. The maximum Gasteiger partial charge on any atom is 0.257 e. The molecule has 0 saturated heterocycles. The van der Waals surface area contributed by atoms with E-state index in [9.17, 15) is 9.59 Å². The molecule has 0 bridgehead atoms. The van der Waals surface area contributed by atoms with Gasteiger partial charge in [-0.05, 0) is 66.5 Å². The fourth-order valence-corrected chi connectivity index (χ4v) is 4.25. The minimum Gasteiger partial charge on any atom is -0.349 e. The average molecular weight is 458 g/mol. The summed E-state index contributed by atoms with van der Waals surface area (Å²) in [4.78, 5) is 25.2. The largest absolute Gasteiger partial charge is 0.349 e. The molecule has 0 atom stereocenters. The molecule has 0 spiro atoms. The van der Waals surface area contributed by atoms with E-state index in [0.29, 0.717) is 16.8 Å². The molecule has 0 aromatic heterocycles. The number of rotatable bonds is 5. The van der Waals surface area contributed by atoms with Gasteiger partial charge in [0.15, 0.2) is 5.11 Å². The smallest absolute Gasteiger partial charge is 0.257 e. The number of anilines is 1. The van der Waals surface area contributed by atoms with Crippen LogP contribution in [0.2, 0.25) is 0 Å². The molecule has 6 heteroatoms. The van der Waals surface area contributed by atoms with Gasteiger partial charge in [-0.3, -0.25) is 14.9 Å². The predicted octanol–water partition coefficient (Wildman–Crippen LogP) is 5.54. The lowest BCUT2D eigenvalue weighted by Gasteiger charge is -2.22. The van der Waals surface area contributed by atoms with Gasteiger partial charge in [-0.15, -0.1) is 0 Å². The van der Waals surface area contributed by atoms with Crippen LogP contribution in [-0.4, -0.2) is 23.0 Å². The van der Waals surface area contributed by atoms with Crippen molar-refractivity contribution in [2.45, 2.75) is 38.1 Å². The Morgan fingerprint density at radius 1 is 0.727 bits per heavy atom. The molecular weight excluding hydrogens is 430 g/mol. The molecule has 5 nitrogen and oxygen atoms in total. The van der Waals surface area contributed by atoms with Crippen LogP contribution in [0.15, 0.2) is 78.9 Å². The van der Waals surface area contributed by atoms with Gasteiger partial charge in [0.25, 0.3) is 11.8 Å². The number of thiocarbonyl (C=S) groups is 1. The van der Waals surface area contributed by atoms with Crippen molar-refractivity contribution >= 4 is 34.8 Å². The third-order valence-corrected chi connectivity index (χ3v) is 6.01. The van der Waals surface area contributed by atoms with Crippen molar-refractivity contribution in [2.24, 2.45) is 0 Å². The van der Waals surface area contributed by atoms with E-state index in [0.717, 1.165) is 36.8 Å². The second kappa shape index (κ2) is 10.9. The van der Waals surface area contributed by atoms with Crippen LogP contribution in [0.3, 0.4) is 0 Å². The number of nitrogens with one attached hydrogen (secondary N) is 3. The molecule has 0 heterocycles. The molecule has 3 N–H and O–H groups in total. The van der Waals surface area contributed by atoms with Gasteiger partial charge in [-0.1, -0.05) is 67.8 Å². The quantitative estimate of drug-likeness (QED) is 0.440. The number of carbonyl (C=O) groups is 2. The first-order chi connectivity index (χ1) is 16.1. The summed E-state index contributed by atoms with van der Waals surface area (Å²) in [5.74, 6) is -0.377. The predicted molar refractivity (Wildman–Crippen MR) is 136 cm³/mol. The van der Waals surface area contributed by atoms with E-state index in [1.54, 1.807) is 30.3 Å². The normalized spacial score (nSPS) is 13.7. The summed E-state index contributed by atoms with van der Waals surface area (Å²) < 4.78 is 0. The van der Waals surface area contributed by atoms with Crippen molar-refractivity contribution in [3.8, 4) is 11.1 Å². The lowest BCUT2D eigenvalue weighted by molar-refractivity contribution is 0.0926. The van der Waals surface area contributed by atoms with Gasteiger partial charge in [0.2, 0.25) is 0 Å². The van der Waals surface area contributed by atoms with Gasteiger partial charge in [0, 0.05) is 22.9 Å². The SMILES string of the molecule is O=C(NC(=S)Nc1cccc(C(=O)NC2CCCCC2)c1)c1ccc(-c2ccccc2)cc1. The number of hydrogen-bond acceptors (Lipinski definition) is 3. The van der Waals surface area contributed by atoms with Crippen LogP contribution >= 0.6 is 12.2 Å². The minimum atomic E-state index is -0.293. The summed E-state index contributed by atoms with van der Waals surface area (Å²) in [5.41, 5.74) is 3.86. The Kier molecular flexibility index (Phi) is 7.47. The maximum atomic E-state index is 12.6. The molecule has 1 aliphatic rings. The van der Waals surface area contributed by atoms with Gasteiger partial charge in [0.05, 0.1) is 0 Å². The Balaban J connectivity index is 1.33. The Morgan fingerprint density at radius 2 is 1.42 bits per heavy atom. The molecule has 0 unspecified atom stereocenters. The van der Waals surface area contributed by atoms with Crippen LogP contribution in [0, 0.1) is 0 Å². The second-order valence-corrected chi connectivity index (χ2v) is 8.65. The lowest BCUT2D eigenvalue weighted by atomic mass is 9.95. The molecule has 0 aliphatic heterocycles. The first kappa shape index (κ1) is 22.7. The summed E-state index contributed by atoms with van der Waals surface area (Å²) in [7, 11) is 0. The molecule has 33 heavy (non-hydrogen) atoms. The number of benzene rings is 3. The highest BCUT2D eigenvalue weighted by Gasteiger charge is 2.17. The highest BCUT2D eigenvalue weighted by molar-refractivity contribution is 7.80. The number of hydrogen-bond donors (Lipinski definition) is 3. The van der Waals surface area contributed by atoms with Gasteiger partial charge >= 0.3 is 0 Å². The minimum absolute atomic E-state index is 0.0843. The Bertz CT molecular complexity index is 1120. The van der Waals surface area contributed by atoms with Crippen molar-refractivity contribution in [3.63, 3.8) is 0 Å². The van der Waals surface area contributed by atoms with E-state index in [2.05, 4.69) is 16.0 Å². The highest BCUT2D eigenvalue weighted by atomic mass is 32.1. The zero-order chi connectivity index (χ0) is 23.0. The summed E-state index contributed by atoms with van der Waals surface area (Å²) in [6, 6.07) is 24.7. The number of amides is 2. The van der Waals surface area contributed by atoms with Crippen molar-refractivity contribution in [1.82, 2.24) is 10.6 Å². The lowest BCUT2D eigenvalue weighted by Crippen LogP contribution is -2.36. The first-order valence-corrected chi connectivity index (χ1v) is 11.7. The average Bonchev–Trinajstić information content (AvgIpc) is 2.85. The maximum absolute atomic E-state index is 12.6. The molecular formula is C27H27N3O2S. The Labute approximate surface area is 199 Å². The zero-order valence-corrected chi connectivity index (χ0v) is 19.2. The van der Waals surface area contributed by atoms with Crippen molar-refractivity contribution in [1.29, 1.82) is 0 Å². The third-order valence-electron chi connectivity index (χ3n) is 5.80. The van der Waals surface area contributed by atoms with Gasteiger partial charge in [-0.2, -0.15) is 0 Å². The van der Waals surface area contributed by atoms with E-state index < -0.39 is 0 Å². The van der Waals surface area contributed by atoms with E-state index in [1.165, 1.54) is 6.42 Å². The molecule has 3 aromatic rings. The monoisotopic (exact) mass is 457 g/mol. The fraction of sp³-hybridized carbons (Fsp3) is 0.222. The van der Waals surface area contributed by atoms with Crippen LogP contribution in [0.25, 0.3) is 11.1 Å². The van der Waals surface area contributed by atoms with Crippen LogP contribution in [0.5, 0.6) is 0 Å². The molecule has 1 aliphatic carbocycles. The highest BCUT2D eigenvalue weighted by Crippen LogP contribution is 2.20. The molecule has 2 amide bonds. The standard InChI is InChI=1S/C27H27N3O2S/c31-25(21-16-14-20(15-17-21)19-8-3-1-4-9-19)30-27(33)29-24-13-7-10-22(18-24)26(32)28-23-11-5-2-6-12-23/h1,3-4,7-10,13-18,23H,2,5-6,11-12H2,(H,28,32)(H2,29,30,31,33). The van der Waals surface area contributed by atoms with Gasteiger partial charge in [-0.25, -0.2) is 0 Å². The summed E-state index contributed by atoms with van der Waals surface area (Å²) >= 11 is 5.31.